The van der Waals surface area contributed by atoms with Crippen LogP contribution in [0.4, 0.5) is 0 Å². The fraction of sp³-hybridized carbons (Fsp3) is 0.200. The van der Waals surface area contributed by atoms with Crippen LogP contribution in [0.25, 0.3) is 10.8 Å². The molecule has 1 atom stereocenters. The van der Waals surface area contributed by atoms with Gasteiger partial charge in [-0.1, -0.05) is 6.08 Å². The lowest BCUT2D eigenvalue weighted by atomic mass is 10.1. The zero-order valence-electron chi connectivity index (χ0n) is 11.9. The van der Waals surface area contributed by atoms with Crippen molar-refractivity contribution in [2.45, 2.75) is 11.8 Å². The van der Waals surface area contributed by atoms with E-state index in [9.17, 15) is 14.4 Å². The number of allylic oxidation sites excluding steroid dienone is 1. The Hall–Kier alpha value is -2.21. The van der Waals surface area contributed by atoms with Crippen LogP contribution in [-0.4, -0.2) is 28.6 Å². The number of benzene rings is 2. The maximum Gasteiger partial charge on any atom is 0.144 e. The Kier molecular flexibility index (Phi) is 4.37. The molecule has 0 bridgehead atoms. The smallest absolute Gasteiger partial charge is 0.144 e. The number of fused-ring (bicyclic) bond motifs is 1. The van der Waals surface area contributed by atoms with Crippen molar-refractivity contribution < 1.29 is 23.9 Å². The first kappa shape index (κ1) is 15.2. The van der Waals surface area contributed by atoms with Crippen LogP contribution in [0.5, 0.6) is 23.0 Å². The molecule has 0 aliphatic carbocycles. The minimum Gasteiger partial charge on any atom is -0.507 e. The van der Waals surface area contributed by atoms with E-state index in [1.54, 1.807) is 25.1 Å². The normalized spacial score (nSPS) is 12.7. The van der Waals surface area contributed by atoms with Gasteiger partial charge in [-0.25, -0.2) is 4.21 Å². The highest BCUT2D eigenvalue weighted by Crippen LogP contribution is 2.46. The summed E-state index contributed by atoms with van der Waals surface area (Å²) in [5.41, 5.74) is 0. The van der Waals surface area contributed by atoms with Crippen LogP contribution < -0.4 is 9.47 Å². The van der Waals surface area contributed by atoms with Gasteiger partial charge in [0.25, 0.3) is 0 Å². The summed E-state index contributed by atoms with van der Waals surface area (Å²) in [6.07, 6.45) is 1.61. The average Bonchev–Trinajstić information content (AvgIpc) is 2.49. The zero-order valence-corrected chi connectivity index (χ0v) is 12.7. The van der Waals surface area contributed by atoms with Crippen molar-refractivity contribution in [2.75, 3.05) is 14.2 Å². The lowest BCUT2D eigenvalue weighted by Gasteiger charge is -2.14. The van der Waals surface area contributed by atoms with E-state index >= 15 is 0 Å². The summed E-state index contributed by atoms with van der Waals surface area (Å²) in [7, 11) is 1.35. The van der Waals surface area contributed by atoms with Crippen molar-refractivity contribution in [2.24, 2.45) is 0 Å². The van der Waals surface area contributed by atoms with Crippen molar-refractivity contribution in [3.05, 3.63) is 29.7 Å². The second-order valence-electron chi connectivity index (χ2n) is 4.23. The number of hydrogen-bond acceptors (Lipinski definition) is 5. The molecule has 112 valence electrons. The Labute approximate surface area is 124 Å². The third kappa shape index (κ3) is 2.54. The summed E-state index contributed by atoms with van der Waals surface area (Å²) in [5, 5.41) is 22.7. The highest BCUT2D eigenvalue weighted by molar-refractivity contribution is 7.88. The van der Waals surface area contributed by atoms with Crippen molar-refractivity contribution in [3.63, 3.8) is 0 Å². The summed E-state index contributed by atoms with van der Waals surface area (Å²) in [6.45, 7) is 1.72. The number of phenols is 2. The number of ether oxygens (including phenoxy) is 2. The first-order chi connectivity index (χ1) is 10.0. The van der Waals surface area contributed by atoms with Gasteiger partial charge in [-0.05, 0) is 19.1 Å². The largest absolute Gasteiger partial charge is 0.507 e. The standard InChI is InChI=1S/C15H16O5S/c1-4-7-21(18)12-8-9(16)13-10(19-2)5-6-11(20-3)14(13)15(12)17/h4-8,16-17H,1-3H3/b7-4+. The van der Waals surface area contributed by atoms with Gasteiger partial charge in [0.05, 0.1) is 40.7 Å². The molecule has 2 N–H and O–H groups in total. The molecular weight excluding hydrogens is 292 g/mol. The second kappa shape index (κ2) is 6.05. The quantitative estimate of drug-likeness (QED) is 0.849. The predicted octanol–water partition coefficient (Wildman–Crippen LogP) is 2.91. The molecule has 5 nitrogen and oxygen atoms in total. The van der Waals surface area contributed by atoms with E-state index in [4.69, 9.17) is 9.47 Å². The van der Waals surface area contributed by atoms with Gasteiger partial charge in [-0.15, -0.1) is 0 Å². The van der Waals surface area contributed by atoms with E-state index < -0.39 is 10.8 Å². The van der Waals surface area contributed by atoms with Crippen molar-refractivity contribution in [3.8, 4) is 23.0 Å². The van der Waals surface area contributed by atoms with Crippen LogP contribution in [0, 0.1) is 0 Å². The molecule has 2 rings (SSSR count). The molecule has 0 radical (unpaired) electrons. The zero-order chi connectivity index (χ0) is 15.6. The van der Waals surface area contributed by atoms with E-state index in [-0.39, 0.29) is 21.8 Å². The molecule has 0 aliphatic rings. The summed E-state index contributed by atoms with van der Waals surface area (Å²) >= 11 is 0. The number of phenolic OH excluding ortho intramolecular Hbond substituents is 2. The third-order valence-corrected chi connectivity index (χ3v) is 4.30. The molecular formula is C15H16O5S. The second-order valence-corrected chi connectivity index (χ2v) is 5.54. The molecule has 2 aromatic carbocycles. The minimum atomic E-state index is -1.57. The van der Waals surface area contributed by atoms with Crippen LogP contribution in [0.2, 0.25) is 0 Å². The van der Waals surface area contributed by atoms with Crippen molar-refractivity contribution >= 4 is 21.6 Å². The number of methoxy groups -OCH3 is 2. The van der Waals surface area contributed by atoms with Gasteiger partial charge >= 0.3 is 0 Å². The molecule has 2 aromatic rings. The summed E-state index contributed by atoms with van der Waals surface area (Å²) < 4.78 is 22.5. The molecule has 21 heavy (non-hydrogen) atoms. The third-order valence-electron chi connectivity index (χ3n) is 3.04. The molecule has 0 amide bonds. The lowest BCUT2D eigenvalue weighted by Crippen LogP contribution is -1.94. The van der Waals surface area contributed by atoms with Crippen LogP contribution in [0.3, 0.4) is 0 Å². The molecule has 1 unspecified atom stereocenters. The molecule has 6 heteroatoms. The Morgan fingerprint density at radius 3 is 2.19 bits per heavy atom. The number of rotatable bonds is 4. The van der Waals surface area contributed by atoms with E-state index in [2.05, 4.69) is 0 Å². The Bertz CT molecular complexity index is 737. The fourth-order valence-corrected chi connectivity index (χ4v) is 3.05. The SMILES string of the molecule is C/C=C/S(=O)c1cc(O)c2c(OC)ccc(OC)c2c1O. The molecule has 0 heterocycles. The van der Waals surface area contributed by atoms with Gasteiger partial charge in [0.15, 0.2) is 0 Å². The molecule has 0 fully saturated rings. The molecule has 0 aliphatic heterocycles. The van der Waals surface area contributed by atoms with Gasteiger partial charge in [-0.3, -0.25) is 0 Å². The lowest BCUT2D eigenvalue weighted by molar-refractivity contribution is 0.403. The Morgan fingerprint density at radius 1 is 1.10 bits per heavy atom. The average molecular weight is 308 g/mol. The van der Waals surface area contributed by atoms with Gasteiger partial charge in [0.1, 0.15) is 23.0 Å². The number of aromatic hydroxyl groups is 2. The number of hydrogen-bond donors (Lipinski definition) is 2. The molecule has 0 saturated carbocycles. The van der Waals surface area contributed by atoms with Gasteiger partial charge in [0, 0.05) is 11.5 Å². The predicted molar refractivity (Wildman–Crippen MR) is 81.6 cm³/mol. The molecule has 0 spiro atoms. The summed E-state index contributed by atoms with van der Waals surface area (Å²) in [5.74, 6) is 0.418. The highest BCUT2D eigenvalue weighted by atomic mass is 32.2. The minimum absolute atomic E-state index is 0.115. The van der Waals surface area contributed by atoms with Crippen LogP contribution in [0.15, 0.2) is 34.6 Å². The maximum atomic E-state index is 12.1. The van der Waals surface area contributed by atoms with Crippen LogP contribution in [-0.2, 0) is 10.8 Å². The topological polar surface area (TPSA) is 76.0 Å². The van der Waals surface area contributed by atoms with Gasteiger partial charge in [-0.2, -0.15) is 0 Å². The Balaban J connectivity index is 2.91. The fourth-order valence-electron chi connectivity index (χ4n) is 2.13. The monoisotopic (exact) mass is 308 g/mol. The van der Waals surface area contributed by atoms with E-state index in [0.717, 1.165) is 0 Å². The first-order valence-corrected chi connectivity index (χ1v) is 7.39. The van der Waals surface area contributed by atoms with Gasteiger partial charge in [0.2, 0.25) is 0 Å². The van der Waals surface area contributed by atoms with E-state index in [1.807, 2.05) is 0 Å². The molecule has 0 aromatic heterocycles. The highest BCUT2D eigenvalue weighted by Gasteiger charge is 2.20. The first-order valence-electron chi connectivity index (χ1n) is 6.18. The van der Waals surface area contributed by atoms with Gasteiger partial charge < -0.3 is 19.7 Å². The van der Waals surface area contributed by atoms with Crippen molar-refractivity contribution in [1.82, 2.24) is 0 Å². The van der Waals surface area contributed by atoms with E-state index in [1.165, 1.54) is 25.7 Å². The maximum absolute atomic E-state index is 12.1. The Morgan fingerprint density at radius 2 is 1.67 bits per heavy atom. The summed E-state index contributed by atoms with van der Waals surface area (Å²) in [6, 6.07) is 4.52. The molecule has 0 saturated heterocycles. The van der Waals surface area contributed by atoms with Crippen molar-refractivity contribution in [1.29, 1.82) is 0 Å². The van der Waals surface area contributed by atoms with E-state index in [0.29, 0.717) is 16.9 Å². The van der Waals surface area contributed by atoms with Crippen LogP contribution >= 0.6 is 0 Å². The van der Waals surface area contributed by atoms with Crippen LogP contribution in [0.1, 0.15) is 6.92 Å². The summed E-state index contributed by atoms with van der Waals surface area (Å²) in [4.78, 5) is 0.115.